The molecule has 1 fully saturated rings. The second kappa shape index (κ2) is 7.56. The number of phenolic OH excluding ortho intramolecular Hbond substituents is 1. The van der Waals surface area contributed by atoms with Crippen LogP contribution in [0.4, 0.5) is 0 Å². The van der Waals surface area contributed by atoms with Gasteiger partial charge < -0.3 is 43.7 Å². The molecule has 4 rings (SSSR count). The lowest BCUT2D eigenvalue weighted by atomic mass is 9.54. The van der Waals surface area contributed by atoms with Gasteiger partial charge in [0.2, 0.25) is 5.78 Å². The van der Waals surface area contributed by atoms with E-state index in [1.807, 2.05) is 0 Å². The first-order chi connectivity index (χ1) is 14.8. The minimum Gasteiger partial charge on any atom is -1.00 e. The second-order valence-corrected chi connectivity index (χ2v) is 8.96. The number of aromatic hydroxyl groups is 1. The van der Waals surface area contributed by atoms with Crippen molar-refractivity contribution in [1.29, 1.82) is 0 Å². The Morgan fingerprint density at radius 3 is 2.30 bits per heavy atom. The zero-order valence-corrected chi connectivity index (χ0v) is 18.8. The van der Waals surface area contributed by atoms with Crippen LogP contribution < -0.4 is 18.1 Å². The Bertz CT molecular complexity index is 1160. The van der Waals surface area contributed by atoms with Crippen LogP contribution in [0.5, 0.6) is 5.75 Å². The van der Waals surface area contributed by atoms with E-state index in [4.69, 9.17) is 5.73 Å². The third kappa shape index (κ3) is 2.95. The molecule has 0 spiro atoms. The number of primary amides is 1. The number of fused-ring (bicyclic) bond motifs is 3. The fourth-order valence-electron chi connectivity index (χ4n) is 5.50. The molecule has 0 bridgehead atoms. The molecule has 1 unspecified atom stereocenters. The van der Waals surface area contributed by atoms with Gasteiger partial charge in [-0.2, -0.15) is 0 Å². The monoisotopic (exact) mass is 479 g/mol. The van der Waals surface area contributed by atoms with E-state index < -0.39 is 75.0 Å². The van der Waals surface area contributed by atoms with Crippen molar-refractivity contribution in [2.24, 2.45) is 17.6 Å². The molecule has 1 amide bonds. The van der Waals surface area contributed by atoms with Crippen molar-refractivity contribution in [3.05, 3.63) is 46.2 Å². The zero-order chi connectivity index (χ0) is 23.9. The number of halogens is 1. The number of nitrogens with two attached hydrogens (primary N) is 1. The van der Waals surface area contributed by atoms with Gasteiger partial charge in [0.1, 0.15) is 22.8 Å². The highest BCUT2D eigenvalue weighted by atomic mass is 35.5. The molecule has 3 aliphatic carbocycles. The van der Waals surface area contributed by atoms with Gasteiger partial charge in [-0.25, -0.2) is 0 Å². The van der Waals surface area contributed by atoms with Crippen LogP contribution in [0.1, 0.15) is 24.5 Å². The second-order valence-electron chi connectivity index (χ2n) is 8.96. The molecule has 1 aromatic carbocycles. The number of benzene rings is 1. The van der Waals surface area contributed by atoms with Crippen LogP contribution in [0, 0.1) is 11.8 Å². The summed E-state index contributed by atoms with van der Waals surface area (Å²) < 4.78 is 0. The van der Waals surface area contributed by atoms with Gasteiger partial charge >= 0.3 is 0 Å². The van der Waals surface area contributed by atoms with Crippen molar-refractivity contribution >= 4 is 23.2 Å². The number of amides is 1. The van der Waals surface area contributed by atoms with E-state index in [0.29, 0.717) is 0 Å². The van der Waals surface area contributed by atoms with Gasteiger partial charge in [0.25, 0.3) is 5.91 Å². The van der Waals surface area contributed by atoms with Crippen molar-refractivity contribution in [3.8, 4) is 5.75 Å². The predicted octanol–water partition coefficient (Wildman–Crippen LogP) is -3.37. The molecule has 1 aromatic rings. The largest absolute Gasteiger partial charge is 1.00 e. The van der Waals surface area contributed by atoms with E-state index in [2.05, 4.69) is 0 Å². The smallest absolute Gasteiger partial charge is 0.255 e. The Kier molecular flexibility index (Phi) is 5.66. The molecular weight excluding hydrogens is 456 g/mol. The van der Waals surface area contributed by atoms with Crippen LogP contribution in [0.25, 0.3) is 5.76 Å². The number of hydrogen-bond donors (Lipinski definition) is 6. The molecule has 11 heteroatoms. The lowest BCUT2D eigenvalue weighted by Crippen LogP contribution is -3.00. The van der Waals surface area contributed by atoms with E-state index in [1.54, 1.807) is 0 Å². The summed E-state index contributed by atoms with van der Waals surface area (Å²) in [6.45, 7) is 1.40. The Morgan fingerprint density at radius 1 is 1.15 bits per heavy atom. The molecule has 0 aromatic heterocycles. The number of Topliss-reactive ketones (excluding diaryl/α,β-unsaturated/α-hetero) is 2. The summed E-state index contributed by atoms with van der Waals surface area (Å²) in [6, 6.07) is 3.02. The molecule has 33 heavy (non-hydrogen) atoms. The number of carbonyl (C=O) groups excluding carboxylic acids is 3. The lowest BCUT2D eigenvalue weighted by molar-refractivity contribution is -0.159. The summed E-state index contributed by atoms with van der Waals surface area (Å²) in [5.41, 5.74) is -0.548. The number of hydrogen-bond acceptors (Lipinski definition) is 9. The molecule has 0 aliphatic heterocycles. The number of nitrogens with zero attached hydrogens (tertiary/aromatic N) is 1. The SMILES string of the molecule is CN(C)[C@@H]1C(=O)C(C(N)=O)=C(O)[C@@]2(O)C(=O)C3=C(O)c4c(O)cccc4[C@@](C)(O)C3C[C@@H]12.[Cl-]. The third-order valence-corrected chi connectivity index (χ3v) is 7.02. The van der Waals surface area contributed by atoms with E-state index in [-0.39, 0.29) is 30.0 Å². The van der Waals surface area contributed by atoms with Crippen molar-refractivity contribution in [2.45, 2.75) is 30.6 Å². The minimum absolute atomic E-state index is 0. The third-order valence-electron chi connectivity index (χ3n) is 7.02. The average molecular weight is 480 g/mol. The van der Waals surface area contributed by atoms with Crippen LogP contribution in [-0.4, -0.2) is 73.6 Å². The molecule has 7 N–H and O–H groups in total. The minimum atomic E-state index is -2.75. The van der Waals surface area contributed by atoms with E-state index in [1.165, 1.54) is 44.1 Å². The molecule has 1 saturated carbocycles. The van der Waals surface area contributed by atoms with E-state index >= 15 is 0 Å². The van der Waals surface area contributed by atoms with Crippen LogP contribution in [0.2, 0.25) is 0 Å². The number of carbonyl (C=O) groups is 3. The Balaban J connectivity index is 0.00000306. The summed E-state index contributed by atoms with van der Waals surface area (Å²) >= 11 is 0. The van der Waals surface area contributed by atoms with Gasteiger partial charge in [-0.15, -0.1) is 0 Å². The van der Waals surface area contributed by atoms with Crippen molar-refractivity contribution < 1.29 is 52.3 Å². The topological polar surface area (TPSA) is 182 Å². The summed E-state index contributed by atoms with van der Waals surface area (Å²) in [7, 11) is 3.01. The predicted molar refractivity (Wildman–Crippen MR) is 110 cm³/mol. The number of ketones is 2. The average Bonchev–Trinajstić information content (AvgIpc) is 2.68. The van der Waals surface area contributed by atoms with E-state index in [9.17, 15) is 39.9 Å². The van der Waals surface area contributed by atoms with Gasteiger partial charge in [-0.05, 0) is 39.1 Å². The number of aliphatic hydroxyl groups excluding tert-OH is 2. The molecule has 178 valence electrons. The first kappa shape index (κ1) is 24.7. The first-order valence-electron chi connectivity index (χ1n) is 9.97. The number of rotatable bonds is 2. The zero-order valence-electron chi connectivity index (χ0n) is 18.0. The summed E-state index contributed by atoms with van der Waals surface area (Å²) in [5, 5.41) is 54.9. The van der Waals surface area contributed by atoms with Crippen molar-refractivity contribution in [1.82, 2.24) is 4.90 Å². The van der Waals surface area contributed by atoms with Crippen LogP contribution in [-0.2, 0) is 20.0 Å². The standard InChI is InChI=1S/C22H24N2O8.ClH/c1-21(31)8-5-4-6-11(25)12(8)16(26)13-9(21)7-10-15(24(2)3)17(27)14(20(23)30)19(29)22(10,32)18(13)28;/h4-6,9-10,15,25-26,29,31-32H,7H2,1-3H3,(H2,23,30);1H/p-1/t9?,10-,15-,21+,22-;/m0./s1. The first-order valence-corrected chi connectivity index (χ1v) is 9.97. The maximum Gasteiger partial charge on any atom is 0.255 e. The quantitative estimate of drug-likeness (QED) is 0.236. The van der Waals surface area contributed by atoms with Crippen LogP contribution >= 0.6 is 0 Å². The highest BCUT2D eigenvalue weighted by molar-refractivity contribution is 6.24. The van der Waals surface area contributed by atoms with E-state index in [0.717, 1.165) is 0 Å². The fourth-order valence-corrected chi connectivity index (χ4v) is 5.50. The summed E-state index contributed by atoms with van der Waals surface area (Å²) in [4.78, 5) is 40.0. The maximum atomic E-state index is 13.7. The maximum absolute atomic E-state index is 13.7. The molecule has 3 aliphatic rings. The van der Waals surface area contributed by atoms with Crippen molar-refractivity contribution in [2.75, 3.05) is 14.1 Å². The van der Waals surface area contributed by atoms with Gasteiger partial charge in [0.15, 0.2) is 11.4 Å². The number of phenols is 1. The molecule has 0 radical (unpaired) electrons. The summed E-state index contributed by atoms with van der Waals surface area (Å²) in [5.74, 6) is -7.90. The molecule has 0 saturated heterocycles. The van der Waals surface area contributed by atoms with Gasteiger partial charge in [0, 0.05) is 17.4 Å². The van der Waals surface area contributed by atoms with Gasteiger partial charge in [-0.1, -0.05) is 12.1 Å². The molecule has 10 nitrogen and oxygen atoms in total. The Labute approximate surface area is 195 Å². The number of likely N-dealkylation sites (N-methyl/N-ethyl adjacent to an activating group) is 1. The highest BCUT2D eigenvalue weighted by Gasteiger charge is 2.66. The highest BCUT2D eigenvalue weighted by Crippen LogP contribution is 2.57. The number of aliphatic hydroxyl groups is 4. The molecular formula is C22H24ClN2O8-. The normalized spacial score (nSPS) is 33.3. The Hall–Kier alpha value is -2.92. The van der Waals surface area contributed by atoms with Crippen LogP contribution in [0.3, 0.4) is 0 Å². The Morgan fingerprint density at radius 2 is 1.76 bits per heavy atom. The van der Waals surface area contributed by atoms with Crippen LogP contribution in [0.15, 0.2) is 35.1 Å². The molecule has 5 atom stereocenters. The van der Waals surface area contributed by atoms with Gasteiger partial charge in [0.05, 0.1) is 17.2 Å². The fraction of sp³-hybridized carbons (Fsp3) is 0.409. The van der Waals surface area contributed by atoms with Gasteiger partial charge in [-0.3, -0.25) is 19.3 Å². The van der Waals surface area contributed by atoms with Crippen molar-refractivity contribution in [3.63, 3.8) is 0 Å². The molecule has 0 heterocycles. The summed E-state index contributed by atoms with van der Waals surface area (Å²) in [6.07, 6.45) is -0.200. The lowest BCUT2D eigenvalue weighted by Gasteiger charge is -2.53.